The van der Waals surface area contributed by atoms with Gasteiger partial charge in [-0.2, -0.15) is 0 Å². The molecule has 3 nitrogen and oxygen atoms in total. The second-order valence-corrected chi connectivity index (χ2v) is 4.44. The zero-order valence-corrected chi connectivity index (χ0v) is 10.6. The first-order chi connectivity index (χ1) is 8.29. The van der Waals surface area contributed by atoms with Gasteiger partial charge in [-0.15, -0.1) is 0 Å². The topological polar surface area (TPSA) is 31.4 Å². The summed E-state index contributed by atoms with van der Waals surface area (Å²) in [5.41, 5.74) is 0.873. The quantitative estimate of drug-likeness (QED) is 0.829. The summed E-state index contributed by atoms with van der Waals surface area (Å²) in [6.45, 7) is 1.71. The van der Waals surface area contributed by atoms with Gasteiger partial charge in [0.15, 0.2) is 0 Å². The third kappa shape index (κ3) is 3.45. The van der Waals surface area contributed by atoms with Gasteiger partial charge in [0, 0.05) is 13.2 Å². The molecule has 0 N–H and O–H groups in total. The van der Waals surface area contributed by atoms with Crippen LogP contribution in [0.25, 0.3) is 6.08 Å². The van der Waals surface area contributed by atoms with E-state index in [1.165, 1.54) is 0 Å². The Morgan fingerprint density at radius 2 is 2.18 bits per heavy atom. The normalized spacial score (nSPS) is 17.5. The summed E-state index contributed by atoms with van der Waals surface area (Å²) in [6, 6.07) is 3.69. The minimum Gasteiger partial charge on any atom is -0.480 e. The van der Waals surface area contributed by atoms with Crippen molar-refractivity contribution in [3.63, 3.8) is 0 Å². The summed E-state index contributed by atoms with van der Waals surface area (Å²) >= 11 is 5.92. The number of hydrogen-bond donors (Lipinski definition) is 0. The summed E-state index contributed by atoms with van der Waals surface area (Å²) in [6.07, 6.45) is 6.38. The summed E-state index contributed by atoms with van der Waals surface area (Å²) in [7, 11) is 1.57. The number of rotatable bonds is 3. The molecule has 2 rings (SSSR count). The van der Waals surface area contributed by atoms with Crippen molar-refractivity contribution >= 4 is 17.7 Å². The van der Waals surface area contributed by atoms with E-state index in [0.29, 0.717) is 16.8 Å². The number of pyridine rings is 1. The highest BCUT2D eigenvalue weighted by Gasteiger charge is 2.10. The molecule has 0 bridgehead atoms. The number of methoxy groups -OCH3 is 1. The van der Waals surface area contributed by atoms with Gasteiger partial charge in [-0.25, -0.2) is 4.98 Å². The van der Waals surface area contributed by atoms with Gasteiger partial charge < -0.3 is 9.47 Å². The molecule has 1 aliphatic heterocycles. The Morgan fingerprint density at radius 3 is 2.88 bits per heavy atom. The van der Waals surface area contributed by atoms with Crippen molar-refractivity contribution < 1.29 is 9.47 Å². The number of hydrogen-bond acceptors (Lipinski definition) is 3. The lowest BCUT2D eigenvalue weighted by Crippen LogP contribution is -2.13. The minimum absolute atomic E-state index is 0.473. The molecule has 1 fully saturated rings. The van der Waals surface area contributed by atoms with Crippen molar-refractivity contribution in [3.8, 4) is 5.88 Å². The van der Waals surface area contributed by atoms with Crippen LogP contribution in [0.15, 0.2) is 18.2 Å². The SMILES string of the molecule is COc1nc(/C=C\C2CCOCC2)ccc1Cl. The Kier molecular flexibility index (Phi) is 4.40. The molecule has 1 aromatic rings. The fourth-order valence-corrected chi connectivity index (χ4v) is 2.00. The molecule has 0 unspecified atom stereocenters. The maximum absolute atomic E-state index is 5.92. The third-order valence-corrected chi connectivity index (χ3v) is 3.12. The highest BCUT2D eigenvalue weighted by atomic mass is 35.5. The summed E-state index contributed by atoms with van der Waals surface area (Å²) in [5, 5.41) is 0.538. The average Bonchev–Trinajstić information content (AvgIpc) is 2.39. The molecule has 0 aliphatic carbocycles. The van der Waals surface area contributed by atoms with Crippen LogP contribution in [0.3, 0.4) is 0 Å². The monoisotopic (exact) mass is 253 g/mol. The molecule has 0 amide bonds. The molecule has 2 heterocycles. The first-order valence-electron chi connectivity index (χ1n) is 5.76. The number of ether oxygens (including phenoxy) is 2. The van der Waals surface area contributed by atoms with Crippen LogP contribution in [-0.4, -0.2) is 25.3 Å². The summed E-state index contributed by atoms with van der Waals surface area (Å²) < 4.78 is 10.4. The van der Waals surface area contributed by atoms with Crippen LogP contribution in [-0.2, 0) is 4.74 Å². The average molecular weight is 254 g/mol. The first-order valence-corrected chi connectivity index (χ1v) is 6.14. The van der Waals surface area contributed by atoms with Crippen LogP contribution in [0, 0.1) is 5.92 Å². The van der Waals surface area contributed by atoms with Crippen LogP contribution in [0.5, 0.6) is 5.88 Å². The summed E-state index contributed by atoms with van der Waals surface area (Å²) in [4.78, 5) is 4.30. The van der Waals surface area contributed by atoms with Crippen molar-refractivity contribution in [1.29, 1.82) is 0 Å². The summed E-state index contributed by atoms with van der Waals surface area (Å²) in [5.74, 6) is 1.06. The standard InChI is InChI=1S/C13H16ClNO2/c1-16-13-12(14)5-4-11(15-13)3-2-10-6-8-17-9-7-10/h2-5,10H,6-9H2,1H3/b3-2-. The van der Waals surface area contributed by atoms with E-state index in [2.05, 4.69) is 11.1 Å². The Hall–Kier alpha value is -1.06. The molecule has 1 aliphatic rings. The van der Waals surface area contributed by atoms with Crippen molar-refractivity contribution in [2.24, 2.45) is 5.92 Å². The minimum atomic E-state index is 0.473. The van der Waals surface area contributed by atoms with Gasteiger partial charge in [0.05, 0.1) is 12.8 Å². The molecular formula is C13H16ClNO2. The molecule has 0 radical (unpaired) electrons. The zero-order valence-electron chi connectivity index (χ0n) is 9.86. The molecular weight excluding hydrogens is 238 g/mol. The van der Waals surface area contributed by atoms with Gasteiger partial charge in [0.1, 0.15) is 5.02 Å². The van der Waals surface area contributed by atoms with Crippen LogP contribution in [0.1, 0.15) is 18.5 Å². The molecule has 0 atom stereocenters. The predicted molar refractivity (Wildman–Crippen MR) is 68.4 cm³/mol. The molecule has 17 heavy (non-hydrogen) atoms. The van der Waals surface area contributed by atoms with Crippen molar-refractivity contribution in [2.45, 2.75) is 12.8 Å². The smallest absolute Gasteiger partial charge is 0.232 e. The Bertz CT molecular complexity index is 400. The number of nitrogens with zero attached hydrogens (tertiary/aromatic N) is 1. The lowest BCUT2D eigenvalue weighted by Gasteiger charge is -2.18. The lowest BCUT2D eigenvalue weighted by molar-refractivity contribution is 0.0787. The zero-order chi connectivity index (χ0) is 12.1. The maximum atomic E-state index is 5.92. The fourth-order valence-electron chi connectivity index (χ4n) is 1.82. The fraction of sp³-hybridized carbons (Fsp3) is 0.462. The molecule has 0 saturated carbocycles. The Balaban J connectivity index is 2.04. The second kappa shape index (κ2) is 6.03. The van der Waals surface area contributed by atoms with E-state index >= 15 is 0 Å². The molecule has 1 aromatic heterocycles. The van der Waals surface area contributed by atoms with E-state index < -0.39 is 0 Å². The lowest BCUT2D eigenvalue weighted by atomic mass is 9.99. The van der Waals surface area contributed by atoms with Crippen molar-refractivity contribution in [3.05, 3.63) is 28.9 Å². The second-order valence-electron chi connectivity index (χ2n) is 4.04. The van der Waals surface area contributed by atoms with Crippen LogP contribution in [0.2, 0.25) is 5.02 Å². The van der Waals surface area contributed by atoms with Crippen LogP contribution in [0.4, 0.5) is 0 Å². The molecule has 0 spiro atoms. The van der Waals surface area contributed by atoms with E-state index in [1.54, 1.807) is 13.2 Å². The first kappa shape index (κ1) is 12.4. The maximum Gasteiger partial charge on any atom is 0.232 e. The van der Waals surface area contributed by atoms with Gasteiger partial charge in [0.25, 0.3) is 0 Å². The predicted octanol–water partition coefficient (Wildman–Crippen LogP) is 3.18. The Labute approximate surface area is 106 Å². The van der Waals surface area contributed by atoms with Gasteiger partial charge in [-0.05, 0) is 37.0 Å². The van der Waals surface area contributed by atoms with Gasteiger partial charge >= 0.3 is 0 Å². The van der Waals surface area contributed by atoms with Gasteiger partial charge in [-0.3, -0.25) is 0 Å². The van der Waals surface area contributed by atoms with E-state index in [0.717, 1.165) is 31.7 Å². The van der Waals surface area contributed by atoms with E-state index in [4.69, 9.17) is 21.1 Å². The molecule has 4 heteroatoms. The Morgan fingerprint density at radius 1 is 1.41 bits per heavy atom. The molecule has 1 saturated heterocycles. The van der Waals surface area contributed by atoms with Gasteiger partial charge in [-0.1, -0.05) is 17.7 Å². The van der Waals surface area contributed by atoms with E-state index in [9.17, 15) is 0 Å². The number of aromatic nitrogens is 1. The third-order valence-electron chi connectivity index (χ3n) is 2.83. The van der Waals surface area contributed by atoms with Gasteiger partial charge in [0.2, 0.25) is 5.88 Å². The highest BCUT2D eigenvalue weighted by Crippen LogP contribution is 2.22. The van der Waals surface area contributed by atoms with Crippen LogP contribution >= 0.6 is 11.6 Å². The van der Waals surface area contributed by atoms with Crippen molar-refractivity contribution in [1.82, 2.24) is 4.98 Å². The number of allylic oxidation sites excluding steroid dienone is 1. The van der Waals surface area contributed by atoms with E-state index in [-0.39, 0.29) is 0 Å². The van der Waals surface area contributed by atoms with Crippen LogP contribution < -0.4 is 4.74 Å². The highest BCUT2D eigenvalue weighted by molar-refractivity contribution is 6.31. The van der Waals surface area contributed by atoms with Crippen molar-refractivity contribution in [2.75, 3.05) is 20.3 Å². The number of halogens is 1. The molecule has 92 valence electrons. The largest absolute Gasteiger partial charge is 0.480 e. The molecule has 0 aromatic carbocycles. The van der Waals surface area contributed by atoms with E-state index in [1.807, 2.05) is 12.1 Å².